The van der Waals surface area contributed by atoms with Gasteiger partial charge in [0.05, 0.1) is 12.5 Å². The Bertz CT molecular complexity index is 515. The topological polar surface area (TPSA) is 48.4 Å². The van der Waals surface area contributed by atoms with Crippen molar-refractivity contribution in [1.82, 2.24) is 0 Å². The monoisotopic (exact) mass is 313 g/mol. The first-order valence-electron chi connectivity index (χ1n) is 5.53. The Labute approximate surface area is 113 Å². The van der Waals surface area contributed by atoms with Gasteiger partial charge in [-0.2, -0.15) is 0 Å². The van der Waals surface area contributed by atoms with Gasteiger partial charge in [0.25, 0.3) is 0 Å². The van der Waals surface area contributed by atoms with Crippen molar-refractivity contribution in [3.05, 3.63) is 52.6 Å². The van der Waals surface area contributed by atoms with Gasteiger partial charge in [-0.15, -0.1) is 0 Å². The summed E-state index contributed by atoms with van der Waals surface area (Å²) in [6.45, 7) is 0.645. The summed E-state index contributed by atoms with van der Waals surface area (Å²) in [5.74, 6) is 0.465. The van der Waals surface area contributed by atoms with E-state index >= 15 is 0 Å². The van der Waals surface area contributed by atoms with Crippen LogP contribution in [0.4, 0.5) is 4.39 Å². The van der Waals surface area contributed by atoms with E-state index in [1.165, 1.54) is 6.07 Å². The highest BCUT2D eigenvalue weighted by molar-refractivity contribution is 9.10. The normalized spacial score (nSPS) is 12.4. The molecule has 0 aliphatic carbocycles. The van der Waals surface area contributed by atoms with Crippen LogP contribution in [0.1, 0.15) is 11.7 Å². The molecule has 1 aromatic carbocycles. The van der Waals surface area contributed by atoms with Crippen molar-refractivity contribution in [3.63, 3.8) is 0 Å². The number of hydrogen-bond donors (Lipinski definition) is 1. The van der Waals surface area contributed by atoms with Crippen LogP contribution in [0.5, 0.6) is 5.75 Å². The zero-order valence-electron chi connectivity index (χ0n) is 9.61. The van der Waals surface area contributed by atoms with Gasteiger partial charge >= 0.3 is 0 Å². The first kappa shape index (κ1) is 13.1. The second-order valence-corrected chi connectivity index (χ2v) is 4.60. The number of nitrogens with two attached hydrogens (primary N) is 1. The summed E-state index contributed by atoms with van der Waals surface area (Å²) in [5.41, 5.74) is 5.67. The van der Waals surface area contributed by atoms with Crippen LogP contribution < -0.4 is 10.5 Å². The molecule has 1 heterocycles. The van der Waals surface area contributed by atoms with Crippen molar-refractivity contribution < 1.29 is 13.5 Å². The number of furan rings is 1. The van der Waals surface area contributed by atoms with E-state index in [1.54, 1.807) is 24.3 Å². The standard InChI is InChI=1S/C13H13BrFNO2/c14-13-6-5-11(18-13)9(7-16)8-17-12-4-2-1-3-10(12)15/h1-6,9H,7-8,16H2. The average molecular weight is 314 g/mol. The van der Waals surface area contributed by atoms with Gasteiger partial charge < -0.3 is 14.9 Å². The molecular formula is C13H13BrFNO2. The van der Waals surface area contributed by atoms with Gasteiger partial charge in [0.2, 0.25) is 0 Å². The lowest BCUT2D eigenvalue weighted by atomic mass is 10.1. The Balaban J connectivity index is 2.02. The van der Waals surface area contributed by atoms with Crippen molar-refractivity contribution in [2.75, 3.05) is 13.2 Å². The minimum absolute atomic E-state index is 0.101. The molecule has 1 aromatic heterocycles. The lowest BCUT2D eigenvalue weighted by molar-refractivity contribution is 0.260. The number of rotatable bonds is 5. The van der Waals surface area contributed by atoms with Gasteiger partial charge in [-0.05, 0) is 40.2 Å². The lowest BCUT2D eigenvalue weighted by Crippen LogP contribution is -2.19. The molecule has 0 bridgehead atoms. The summed E-state index contributed by atoms with van der Waals surface area (Å²) in [6, 6.07) is 9.90. The summed E-state index contributed by atoms with van der Waals surface area (Å²) >= 11 is 3.23. The maximum Gasteiger partial charge on any atom is 0.169 e. The summed E-state index contributed by atoms with van der Waals surface area (Å²) in [5, 5.41) is 0. The van der Waals surface area contributed by atoms with Crippen LogP contribution in [-0.2, 0) is 0 Å². The number of hydrogen-bond acceptors (Lipinski definition) is 3. The van der Waals surface area contributed by atoms with Crippen molar-refractivity contribution in [2.24, 2.45) is 5.73 Å². The van der Waals surface area contributed by atoms with Crippen LogP contribution >= 0.6 is 15.9 Å². The Kier molecular flexibility index (Phi) is 4.38. The van der Waals surface area contributed by atoms with E-state index in [1.807, 2.05) is 6.07 Å². The molecule has 0 saturated carbocycles. The first-order valence-corrected chi connectivity index (χ1v) is 6.32. The molecule has 2 N–H and O–H groups in total. The van der Waals surface area contributed by atoms with Crippen LogP contribution in [0.3, 0.4) is 0 Å². The largest absolute Gasteiger partial charge is 0.490 e. The van der Waals surface area contributed by atoms with Gasteiger partial charge in [-0.1, -0.05) is 12.1 Å². The van der Waals surface area contributed by atoms with E-state index < -0.39 is 0 Å². The second kappa shape index (κ2) is 6.02. The van der Waals surface area contributed by atoms with Crippen LogP contribution in [0, 0.1) is 5.82 Å². The molecule has 0 aliphatic rings. The molecule has 0 saturated heterocycles. The number of benzene rings is 1. The Morgan fingerprint density at radius 2 is 2.06 bits per heavy atom. The highest BCUT2D eigenvalue weighted by Crippen LogP contribution is 2.23. The minimum atomic E-state index is -0.381. The molecule has 0 radical (unpaired) electrons. The number of ether oxygens (including phenoxy) is 1. The highest BCUT2D eigenvalue weighted by atomic mass is 79.9. The fourth-order valence-corrected chi connectivity index (χ4v) is 1.89. The predicted molar refractivity (Wildman–Crippen MR) is 70.1 cm³/mol. The molecule has 0 fully saturated rings. The van der Waals surface area contributed by atoms with Crippen molar-refractivity contribution >= 4 is 15.9 Å². The number of para-hydroxylation sites is 1. The molecule has 2 aromatic rings. The Morgan fingerprint density at radius 1 is 1.28 bits per heavy atom. The fraction of sp³-hybridized carbons (Fsp3) is 0.231. The summed E-state index contributed by atoms with van der Waals surface area (Å²) < 4.78 is 24.8. The molecule has 5 heteroatoms. The van der Waals surface area contributed by atoms with E-state index in [0.29, 0.717) is 11.2 Å². The number of halogens is 2. The SMILES string of the molecule is NCC(COc1ccccc1F)c1ccc(Br)o1. The van der Waals surface area contributed by atoms with E-state index in [0.717, 1.165) is 5.76 Å². The van der Waals surface area contributed by atoms with Crippen LogP contribution in [0.25, 0.3) is 0 Å². The van der Waals surface area contributed by atoms with E-state index in [4.69, 9.17) is 14.9 Å². The van der Waals surface area contributed by atoms with Crippen LogP contribution in [-0.4, -0.2) is 13.2 Å². The molecule has 1 atom stereocenters. The van der Waals surface area contributed by atoms with Gasteiger partial charge in [-0.3, -0.25) is 0 Å². The lowest BCUT2D eigenvalue weighted by Gasteiger charge is -2.13. The fourth-order valence-electron chi connectivity index (χ4n) is 1.57. The van der Waals surface area contributed by atoms with Crippen molar-refractivity contribution in [1.29, 1.82) is 0 Å². The quantitative estimate of drug-likeness (QED) is 0.921. The predicted octanol–water partition coefficient (Wildman–Crippen LogP) is 3.30. The molecule has 1 unspecified atom stereocenters. The van der Waals surface area contributed by atoms with Crippen LogP contribution in [0.2, 0.25) is 0 Å². The van der Waals surface area contributed by atoms with Gasteiger partial charge in [0.15, 0.2) is 16.2 Å². The maximum absolute atomic E-state index is 13.4. The zero-order valence-corrected chi connectivity index (χ0v) is 11.2. The molecule has 18 heavy (non-hydrogen) atoms. The summed E-state index contributed by atoms with van der Waals surface area (Å²) in [6.07, 6.45) is 0. The maximum atomic E-state index is 13.4. The van der Waals surface area contributed by atoms with Crippen molar-refractivity contribution in [2.45, 2.75) is 5.92 Å². The Hall–Kier alpha value is -1.33. The van der Waals surface area contributed by atoms with E-state index in [-0.39, 0.29) is 24.1 Å². The van der Waals surface area contributed by atoms with Crippen LogP contribution in [0.15, 0.2) is 45.5 Å². The third-order valence-corrected chi connectivity index (χ3v) is 2.98. The van der Waals surface area contributed by atoms with Crippen molar-refractivity contribution in [3.8, 4) is 5.75 Å². The molecule has 2 rings (SSSR count). The molecule has 0 amide bonds. The third kappa shape index (κ3) is 3.11. The zero-order chi connectivity index (χ0) is 13.0. The van der Waals surface area contributed by atoms with E-state index in [2.05, 4.69) is 15.9 Å². The van der Waals surface area contributed by atoms with Gasteiger partial charge in [0, 0.05) is 6.54 Å². The molecule has 0 spiro atoms. The van der Waals surface area contributed by atoms with Gasteiger partial charge in [-0.25, -0.2) is 4.39 Å². The van der Waals surface area contributed by atoms with E-state index in [9.17, 15) is 4.39 Å². The summed E-state index contributed by atoms with van der Waals surface area (Å²) in [4.78, 5) is 0. The summed E-state index contributed by atoms with van der Waals surface area (Å²) in [7, 11) is 0. The minimum Gasteiger partial charge on any atom is -0.490 e. The average Bonchev–Trinajstić information content (AvgIpc) is 2.79. The Morgan fingerprint density at radius 3 is 2.67 bits per heavy atom. The molecule has 0 aliphatic heterocycles. The third-order valence-electron chi connectivity index (χ3n) is 2.56. The van der Waals surface area contributed by atoms with Gasteiger partial charge in [0.1, 0.15) is 5.76 Å². The molecular weight excluding hydrogens is 301 g/mol. The smallest absolute Gasteiger partial charge is 0.169 e. The second-order valence-electron chi connectivity index (χ2n) is 3.82. The molecule has 3 nitrogen and oxygen atoms in total. The molecule has 96 valence electrons. The first-order chi connectivity index (χ1) is 8.70. The highest BCUT2D eigenvalue weighted by Gasteiger charge is 2.15.